The van der Waals surface area contributed by atoms with Gasteiger partial charge in [0.25, 0.3) is 5.56 Å². The molecular weight excluding hydrogens is 365 g/mol. The molecule has 27 heavy (non-hydrogen) atoms. The van der Waals surface area contributed by atoms with Crippen molar-refractivity contribution in [2.75, 3.05) is 20.3 Å². The Hall–Kier alpha value is -2.09. The summed E-state index contributed by atoms with van der Waals surface area (Å²) >= 11 is 1.61. The lowest BCUT2D eigenvalue weighted by Crippen LogP contribution is -2.36. The van der Waals surface area contributed by atoms with Crippen LogP contribution in [0.25, 0.3) is 10.2 Å². The van der Waals surface area contributed by atoms with Crippen molar-refractivity contribution in [3.05, 3.63) is 62.8 Å². The molecule has 142 valence electrons. The second-order valence-electron chi connectivity index (χ2n) is 6.84. The number of hydrogen-bond donors (Lipinski definition) is 1. The lowest BCUT2D eigenvalue weighted by atomic mass is 9.93. The van der Waals surface area contributed by atoms with E-state index in [4.69, 9.17) is 4.74 Å². The average molecular weight is 387 g/mol. The Kier molecular flexibility index (Phi) is 5.33. The Morgan fingerprint density at radius 3 is 3.07 bits per heavy atom. The molecule has 0 saturated carbocycles. The van der Waals surface area contributed by atoms with Crippen LogP contribution in [0, 0.1) is 5.82 Å². The SMILES string of the molecule is COCCNC1CCc2c(sc3ncn(Cc4ccccc4F)c(=O)c23)C1. The summed E-state index contributed by atoms with van der Waals surface area (Å²) in [6, 6.07) is 6.94. The standard InChI is InChI=1S/C20H22FN3O2S/c1-26-9-8-22-14-6-7-15-17(10-14)27-19-18(15)20(25)24(12-23-19)11-13-4-2-3-5-16(13)21/h2-5,12,14,22H,6-11H2,1H3. The van der Waals surface area contributed by atoms with Crippen LogP contribution in [0.2, 0.25) is 0 Å². The van der Waals surface area contributed by atoms with Crippen molar-refractivity contribution in [3.8, 4) is 0 Å². The summed E-state index contributed by atoms with van der Waals surface area (Å²) in [4.78, 5) is 19.6. The van der Waals surface area contributed by atoms with Crippen molar-refractivity contribution in [3.63, 3.8) is 0 Å². The largest absolute Gasteiger partial charge is 0.383 e. The molecule has 4 rings (SSSR count). The fourth-order valence-electron chi connectivity index (χ4n) is 3.66. The molecule has 1 unspecified atom stereocenters. The van der Waals surface area contributed by atoms with Crippen molar-refractivity contribution < 1.29 is 9.13 Å². The van der Waals surface area contributed by atoms with Crippen molar-refractivity contribution in [2.45, 2.75) is 31.8 Å². The third kappa shape index (κ3) is 3.67. The van der Waals surface area contributed by atoms with E-state index in [2.05, 4.69) is 10.3 Å². The maximum absolute atomic E-state index is 14.0. The van der Waals surface area contributed by atoms with Gasteiger partial charge in [-0.3, -0.25) is 9.36 Å². The molecule has 0 aliphatic heterocycles. The lowest BCUT2D eigenvalue weighted by molar-refractivity contribution is 0.194. The molecule has 0 amide bonds. The maximum Gasteiger partial charge on any atom is 0.262 e. The molecule has 0 saturated heterocycles. The number of nitrogens with zero attached hydrogens (tertiary/aromatic N) is 2. The van der Waals surface area contributed by atoms with E-state index >= 15 is 0 Å². The van der Waals surface area contributed by atoms with Crippen molar-refractivity contribution >= 4 is 21.6 Å². The number of thiophene rings is 1. The lowest BCUT2D eigenvalue weighted by Gasteiger charge is -2.23. The highest BCUT2D eigenvalue weighted by molar-refractivity contribution is 7.18. The van der Waals surface area contributed by atoms with Crippen LogP contribution in [0.3, 0.4) is 0 Å². The predicted molar refractivity (Wildman–Crippen MR) is 105 cm³/mol. The molecule has 0 radical (unpaired) electrons. The van der Waals surface area contributed by atoms with Gasteiger partial charge in [-0.25, -0.2) is 9.37 Å². The van der Waals surface area contributed by atoms with E-state index in [1.807, 2.05) is 0 Å². The van der Waals surface area contributed by atoms with E-state index in [1.54, 1.807) is 36.6 Å². The quantitative estimate of drug-likeness (QED) is 0.661. The Bertz CT molecular complexity index is 1010. The number of halogens is 1. The van der Waals surface area contributed by atoms with Crippen molar-refractivity contribution in [1.82, 2.24) is 14.9 Å². The summed E-state index contributed by atoms with van der Waals surface area (Å²) in [6.07, 6.45) is 4.30. The Labute approximate surface area is 160 Å². The van der Waals surface area contributed by atoms with Gasteiger partial charge in [0.1, 0.15) is 10.6 Å². The van der Waals surface area contributed by atoms with Crippen LogP contribution in [0.1, 0.15) is 22.4 Å². The Morgan fingerprint density at radius 2 is 2.26 bits per heavy atom. The summed E-state index contributed by atoms with van der Waals surface area (Å²) < 4.78 is 20.6. The van der Waals surface area contributed by atoms with Gasteiger partial charge in [0.05, 0.1) is 24.9 Å². The number of nitrogens with one attached hydrogen (secondary N) is 1. The minimum absolute atomic E-state index is 0.0773. The summed E-state index contributed by atoms with van der Waals surface area (Å²) in [7, 11) is 1.70. The van der Waals surface area contributed by atoms with Gasteiger partial charge >= 0.3 is 0 Å². The maximum atomic E-state index is 14.0. The topological polar surface area (TPSA) is 56.1 Å². The molecule has 0 fully saturated rings. The number of ether oxygens (including phenoxy) is 1. The molecular formula is C20H22FN3O2S. The number of fused-ring (bicyclic) bond motifs is 3. The summed E-state index contributed by atoms with van der Waals surface area (Å²) in [5, 5.41) is 4.22. The zero-order chi connectivity index (χ0) is 18.8. The van der Waals surface area contributed by atoms with E-state index < -0.39 is 0 Å². The summed E-state index contributed by atoms with van der Waals surface area (Å²) in [5.41, 5.74) is 1.54. The van der Waals surface area contributed by atoms with Crippen LogP contribution in [0.4, 0.5) is 4.39 Å². The van der Waals surface area contributed by atoms with Crippen LogP contribution in [0.15, 0.2) is 35.4 Å². The van der Waals surface area contributed by atoms with Gasteiger partial charge < -0.3 is 10.1 Å². The van der Waals surface area contributed by atoms with Crippen LogP contribution in [-0.4, -0.2) is 35.9 Å². The summed E-state index contributed by atoms with van der Waals surface area (Å²) in [5.74, 6) is -0.304. The molecule has 1 aliphatic carbocycles. The molecule has 2 heterocycles. The normalized spacial score (nSPS) is 16.6. The highest BCUT2D eigenvalue weighted by Gasteiger charge is 2.25. The van der Waals surface area contributed by atoms with Gasteiger partial charge in [-0.1, -0.05) is 18.2 Å². The predicted octanol–water partition coefficient (Wildman–Crippen LogP) is 2.74. The van der Waals surface area contributed by atoms with Crippen molar-refractivity contribution in [1.29, 1.82) is 0 Å². The number of aryl methyl sites for hydroxylation is 1. The Morgan fingerprint density at radius 1 is 1.41 bits per heavy atom. The number of benzene rings is 1. The molecule has 0 bridgehead atoms. The van der Waals surface area contributed by atoms with Gasteiger partial charge in [0.15, 0.2) is 0 Å². The van der Waals surface area contributed by atoms with Crippen molar-refractivity contribution in [2.24, 2.45) is 0 Å². The number of methoxy groups -OCH3 is 1. The highest BCUT2D eigenvalue weighted by Crippen LogP contribution is 2.33. The molecule has 2 aromatic heterocycles. The number of hydrogen-bond acceptors (Lipinski definition) is 5. The van der Waals surface area contributed by atoms with Crippen LogP contribution >= 0.6 is 11.3 Å². The molecule has 0 spiro atoms. The molecule has 1 aromatic carbocycles. The molecule has 7 heteroatoms. The zero-order valence-corrected chi connectivity index (χ0v) is 16.0. The number of rotatable bonds is 6. The average Bonchev–Trinajstić information content (AvgIpc) is 3.04. The first-order valence-electron chi connectivity index (χ1n) is 9.12. The summed E-state index contributed by atoms with van der Waals surface area (Å²) in [6.45, 7) is 1.72. The molecule has 1 aliphatic rings. The third-order valence-corrected chi connectivity index (χ3v) is 6.24. The monoisotopic (exact) mass is 387 g/mol. The van der Waals surface area contributed by atoms with Crippen LogP contribution in [-0.2, 0) is 24.1 Å². The first-order chi connectivity index (χ1) is 13.2. The van der Waals surface area contributed by atoms with Crippen LogP contribution in [0.5, 0.6) is 0 Å². The van der Waals surface area contributed by atoms with Gasteiger partial charge in [-0.05, 0) is 30.9 Å². The minimum atomic E-state index is -0.304. The highest BCUT2D eigenvalue weighted by atomic mass is 32.1. The van der Waals surface area contributed by atoms with Gasteiger partial charge in [-0.15, -0.1) is 11.3 Å². The van der Waals surface area contributed by atoms with Gasteiger partial charge in [0, 0.05) is 30.1 Å². The molecule has 3 aromatic rings. The second kappa shape index (κ2) is 7.88. The van der Waals surface area contributed by atoms with E-state index in [0.717, 1.165) is 36.2 Å². The molecule has 1 N–H and O–H groups in total. The van der Waals surface area contributed by atoms with E-state index in [9.17, 15) is 9.18 Å². The first kappa shape index (κ1) is 18.3. The van der Waals surface area contributed by atoms with E-state index in [-0.39, 0.29) is 17.9 Å². The second-order valence-corrected chi connectivity index (χ2v) is 7.92. The smallest absolute Gasteiger partial charge is 0.262 e. The fraction of sp³-hybridized carbons (Fsp3) is 0.400. The van der Waals surface area contributed by atoms with Crippen LogP contribution < -0.4 is 10.9 Å². The number of aromatic nitrogens is 2. The molecule has 1 atom stereocenters. The minimum Gasteiger partial charge on any atom is -0.383 e. The molecule has 5 nitrogen and oxygen atoms in total. The van der Waals surface area contributed by atoms with Gasteiger partial charge in [0.2, 0.25) is 0 Å². The third-order valence-electron chi connectivity index (χ3n) is 5.07. The fourth-order valence-corrected chi connectivity index (χ4v) is 4.92. The Balaban J connectivity index is 1.63. The first-order valence-corrected chi connectivity index (χ1v) is 9.94. The zero-order valence-electron chi connectivity index (χ0n) is 15.2. The van der Waals surface area contributed by atoms with Gasteiger partial charge in [-0.2, -0.15) is 0 Å². The van der Waals surface area contributed by atoms with E-state index in [0.29, 0.717) is 23.6 Å². The van der Waals surface area contributed by atoms with E-state index in [1.165, 1.54) is 21.8 Å².